The molecule has 0 saturated carbocycles. The first-order chi connectivity index (χ1) is 8.59. The maximum atomic E-state index is 13.8. The van der Waals surface area contributed by atoms with Gasteiger partial charge in [-0.3, -0.25) is 10.1 Å². The predicted octanol–water partition coefficient (Wildman–Crippen LogP) is 2.41. The van der Waals surface area contributed by atoms with Gasteiger partial charge in [0.15, 0.2) is 11.5 Å². The van der Waals surface area contributed by atoms with Crippen molar-refractivity contribution in [2.24, 2.45) is 5.92 Å². The third kappa shape index (κ3) is 2.70. The minimum atomic E-state index is -0.767. The lowest BCUT2D eigenvalue weighted by Crippen LogP contribution is -2.18. The minimum absolute atomic E-state index is 0.118. The highest BCUT2D eigenvalue weighted by Crippen LogP contribution is 2.32. The first kappa shape index (κ1) is 13.0. The van der Waals surface area contributed by atoms with Gasteiger partial charge < -0.3 is 10.6 Å². The lowest BCUT2D eigenvalue weighted by molar-refractivity contribution is -0.384. The average molecular weight is 274 g/mol. The van der Waals surface area contributed by atoms with Crippen LogP contribution in [0.3, 0.4) is 0 Å². The standard InChI is InChI=1S/C11H13ClFN3O2/c12-8-1-2-9(16(17)18)11(10(8)13)15-6-7-3-4-14-5-7/h1-2,7,14-15H,3-6H2. The van der Waals surface area contributed by atoms with Crippen LogP contribution in [0.4, 0.5) is 15.8 Å². The van der Waals surface area contributed by atoms with E-state index in [1.54, 1.807) is 0 Å². The Morgan fingerprint density at radius 3 is 3.00 bits per heavy atom. The van der Waals surface area contributed by atoms with Gasteiger partial charge in [-0.1, -0.05) is 11.6 Å². The predicted molar refractivity (Wildman–Crippen MR) is 67.5 cm³/mol. The van der Waals surface area contributed by atoms with E-state index in [0.29, 0.717) is 12.5 Å². The second-order valence-electron chi connectivity index (χ2n) is 4.25. The van der Waals surface area contributed by atoms with Crippen LogP contribution >= 0.6 is 11.6 Å². The molecule has 1 aliphatic heterocycles. The Morgan fingerprint density at radius 1 is 1.61 bits per heavy atom. The molecular formula is C11H13ClFN3O2. The Labute approximate surface area is 108 Å². The number of nitrogens with zero attached hydrogens (tertiary/aromatic N) is 1. The van der Waals surface area contributed by atoms with Gasteiger partial charge in [-0.25, -0.2) is 4.39 Å². The third-order valence-electron chi connectivity index (χ3n) is 3.00. The molecule has 98 valence electrons. The van der Waals surface area contributed by atoms with E-state index < -0.39 is 10.7 Å². The zero-order valence-electron chi connectivity index (χ0n) is 9.58. The molecule has 1 aromatic rings. The number of benzene rings is 1. The minimum Gasteiger partial charge on any atom is -0.377 e. The molecular weight excluding hydrogens is 261 g/mol. The van der Waals surface area contributed by atoms with Gasteiger partial charge >= 0.3 is 0 Å². The SMILES string of the molecule is O=[N+]([O-])c1ccc(Cl)c(F)c1NCC1CCNC1. The second kappa shape index (κ2) is 5.49. The molecule has 1 aliphatic rings. The van der Waals surface area contributed by atoms with Gasteiger partial charge in [0.05, 0.1) is 9.95 Å². The molecule has 1 heterocycles. The van der Waals surface area contributed by atoms with Crippen LogP contribution in [-0.2, 0) is 0 Å². The fourth-order valence-corrected chi connectivity index (χ4v) is 2.15. The second-order valence-corrected chi connectivity index (χ2v) is 4.66. The van der Waals surface area contributed by atoms with Crippen LogP contribution in [0.25, 0.3) is 0 Å². The smallest absolute Gasteiger partial charge is 0.295 e. The molecule has 0 aliphatic carbocycles. The summed E-state index contributed by atoms with van der Waals surface area (Å²) >= 11 is 5.64. The van der Waals surface area contributed by atoms with Gasteiger partial charge in [-0.15, -0.1) is 0 Å². The lowest BCUT2D eigenvalue weighted by atomic mass is 10.1. The van der Waals surface area contributed by atoms with E-state index in [0.717, 1.165) is 19.5 Å². The number of rotatable bonds is 4. The lowest BCUT2D eigenvalue weighted by Gasteiger charge is -2.12. The molecule has 1 aromatic carbocycles. The Bertz CT molecular complexity index is 464. The zero-order valence-corrected chi connectivity index (χ0v) is 10.3. The molecule has 0 spiro atoms. The van der Waals surface area contributed by atoms with Crippen LogP contribution in [0, 0.1) is 21.8 Å². The molecule has 1 fully saturated rings. The topological polar surface area (TPSA) is 67.2 Å². The van der Waals surface area contributed by atoms with Gasteiger partial charge in [0.1, 0.15) is 0 Å². The summed E-state index contributed by atoms with van der Waals surface area (Å²) in [6, 6.07) is 2.40. The van der Waals surface area contributed by atoms with Crippen molar-refractivity contribution in [2.45, 2.75) is 6.42 Å². The van der Waals surface area contributed by atoms with E-state index in [1.165, 1.54) is 12.1 Å². The highest BCUT2D eigenvalue weighted by molar-refractivity contribution is 6.31. The van der Waals surface area contributed by atoms with Crippen molar-refractivity contribution in [1.29, 1.82) is 0 Å². The molecule has 0 amide bonds. The number of halogens is 2. The zero-order chi connectivity index (χ0) is 13.1. The summed E-state index contributed by atoms with van der Waals surface area (Å²) < 4.78 is 13.8. The van der Waals surface area contributed by atoms with E-state index in [1.807, 2.05) is 0 Å². The first-order valence-corrected chi connectivity index (χ1v) is 6.04. The van der Waals surface area contributed by atoms with E-state index in [9.17, 15) is 14.5 Å². The number of hydrogen-bond acceptors (Lipinski definition) is 4. The van der Waals surface area contributed by atoms with Crippen molar-refractivity contribution in [3.63, 3.8) is 0 Å². The molecule has 0 radical (unpaired) electrons. The molecule has 1 atom stereocenters. The Kier molecular flexibility index (Phi) is 3.98. The van der Waals surface area contributed by atoms with E-state index >= 15 is 0 Å². The normalized spacial score (nSPS) is 18.9. The number of nitro benzene ring substituents is 1. The van der Waals surface area contributed by atoms with Crippen molar-refractivity contribution in [2.75, 3.05) is 25.0 Å². The van der Waals surface area contributed by atoms with Crippen LogP contribution in [0.2, 0.25) is 5.02 Å². The first-order valence-electron chi connectivity index (χ1n) is 5.66. The van der Waals surface area contributed by atoms with E-state index in [4.69, 9.17) is 11.6 Å². The Balaban J connectivity index is 2.18. The van der Waals surface area contributed by atoms with E-state index in [-0.39, 0.29) is 16.4 Å². The molecule has 7 heteroatoms. The van der Waals surface area contributed by atoms with Crippen LogP contribution in [0.15, 0.2) is 12.1 Å². The van der Waals surface area contributed by atoms with Crippen molar-refractivity contribution in [3.8, 4) is 0 Å². The Morgan fingerprint density at radius 2 is 2.39 bits per heavy atom. The highest BCUT2D eigenvalue weighted by atomic mass is 35.5. The number of nitrogens with one attached hydrogen (secondary N) is 2. The van der Waals surface area contributed by atoms with Crippen molar-refractivity contribution >= 4 is 23.0 Å². The summed E-state index contributed by atoms with van der Waals surface area (Å²) in [7, 11) is 0. The summed E-state index contributed by atoms with van der Waals surface area (Å²) in [6.45, 7) is 2.25. The van der Waals surface area contributed by atoms with E-state index in [2.05, 4.69) is 10.6 Å². The molecule has 0 aromatic heterocycles. The fourth-order valence-electron chi connectivity index (χ4n) is 2.00. The maximum absolute atomic E-state index is 13.8. The van der Waals surface area contributed by atoms with Crippen molar-refractivity contribution in [1.82, 2.24) is 5.32 Å². The van der Waals surface area contributed by atoms with Gasteiger partial charge in [0.2, 0.25) is 0 Å². The highest BCUT2D eigenvalue weighted by Gasteiger charge is 2.22. The number of nitro groups is 1. The number of anilines is 1. The van der Waals surface area contributed by atoms with Gasteiger partial charge in [0.25, 0.3) is 5.69 Å². The molecule has 1 saturated heterocycles. The summed E-state index contributed by atoms with van der Waals surface area (Å²) in [5, 5.41) is 16.7. The molecule has 0 bridgehead atoms. The summed E-state index contributed by atoms with van der Waals surface area (Å²) in [6.07, 6.45) is 0.975. The summed E-state index contributed by atoms with van der Waals surface area (Å²) in [4.78, 5) is 10.2. The van der Waals surface area contributed by atoms with Crippen LogP contribution in [0.1, 0.15) is 6.42 Å². The van der Waals surface area contributed by atoms with Gasteiger partial charge in [-0.05, 0) is 31.5 Å². The maximum Gasteiger partial charge on any atom is 0.295 e. The van der Waals surface area contributed by atoms with Crippen molar-refractivity contribution < 1.29 is 9.31 Å². The summed E-state index contributed by atoms with van der Waals surface area (Å²) in [5.41, 5.74) is -0.415. The molecule has 2 rings (SSSR count). The van der Waals surface area contributed by atoms with Crippen molar-refractivity contribution in [3.05, 3.63) is 33.1 Å². The summed E-state index contributed by atoms with van der Waals surface area (Å²) in [5.74, 6) is -0.417. The quantitative estimate of drug-likeness (QED) is 0.653. The van der Waals surface area contributed by atoms with Crippen LogP contribution in [0.5, 0.6) is 0 Å². The Hall–Kier alpha value is -1.40. The third-order valence-corrected chi connectivity index (χ3v) is 3.29. The molecule has 5 nitrogen and oxygen atoms in total. The monoisotopic (exact) mass is 273 g/mol. The fraction of sp³-hybridized carbons (Fsp3) is 0.455. The van der Waals surface area contributed by atoms with Gasteiger partial charge in [0, 0.05) is 12.6 Å². The molecule has 18 heavy (non-hydrogen) atoms. The van der Waals surface area contributed by atoms with Crippen LogP contribution in [-0.4, -0.2) is 24.6 Å². The molecule has 1 unspecified atom stereocenters. The number of hydrogen-bond donors (Lipinski definition) is 2. The van der Waals surface area contributed by atoms with Crippen LogP contribution < -0.4 is 10.6 Å². The largest absolute Gasteiger partial charge is 0.377 e. The molecule has 2 N–H and O–H groups in total. The average Bonchev–Trinajstić information content (AvgIpc) is 2.83. The van der Waals surface area contributed by atoms with Gasteiger partial charge in [-0.2, -0.15) is 0 Å².